The van der Waals surface area contributed by atoms with Crippen LogP contribution < -0.4 is 10.1 Å². The van der Waals surface area contributed by atoms with Crippen molar-refractivity contribution in [3.05, 3.63) is 88.6 Å². The molecular formula is C27H26ClF3N4O3. The number of ether oxygens (including phenoxy) is 1. The molecule has 2 amide bonds. The van der Waals surface area contributed by atoms with Gasteiger partial charge in [0.25, 0.3) is 0 Å². The first-order valence-electron chi connectivity index (χ1n) is 11.8. The van der Waals surface area contributed by atoms with Crippen molar-refractivity contribution in [2.24, 2.45) is 7.05 Å². The number of aliphatic hydroxyl groups is 1. The van der Waals surface area contributed by atoms with E-state index in [9.17, 15) is 23.1 Å². The molecule has 2 aromatic carbocycles. The molecule has 1 unspecified atom stereocenters. The topological polar surface area (TPSA) is 79.6 Å². The molecule has 2 N–H and O–H groups in total. The summed E-state index contributed by atoms with van der Waals surface area (Å²) in [6.45, 7) is 1.83. The minimum atomic E-state index is -1.06. The molecule has 200 valence electrons. The van der Waals surface area contributed by atoms with Gasteiger partial charge < -0.3 is 24.6 Å². The smallest absolute Gasteiger partial charge is 0.322 e. The summed E-state index contributed by atoms with van der Waals surface area (Å²) in [5.41, 5.74) is 1.58. The van der Waals surface area contributed by atoms with Crippen LogP contribution in [0.5, 0.6) is 5.88 Å². The van der Waals surface area contributed by atoms with Crippen molar-refractivity contribution >= 4 is 34.1 Å². The van der Waals surface area contributed by atoms with Gasteiger partial charge in [0, 0.05) is 61.0 Å². The van der Waals surface area contributed by atoms with Gasteiger partial charge in [-0.25, -0.2) is 22.9 Å². The van der Waals surface area contributed by atoms with Gasteiger partial charge in [0.15, 0.2) is 11.6 Å². The summed E-state index contributed by atoms with van der Waals surface area (Å²) in [5, 5.41) is 12.5. The predicted molar refractivity (Wildman–Crippen MR) is 139 cm³/mol. The Kier molecular flexibility index (Phi) is 8.43. The Hall–Kier alpha value is -3.76. The molecule has 2 heterocycles. The molecule has 4 aromatic rings. The summed E-state index contributed by atoms with van der Waals surface area (Å²) < 4.78 is 49.9. The average molecular weight is 547 g/mol. The molecule has 0 bridgehead atoms. The van der Waals surface area contributed by atoms with Gasteiger partial charge in [0.2, 0.25) is 5.88 Å². The Bertz CT molecular complexity index is 1460. The Morgan fingerprint density at radius 1 is 1.16 bits per heavy atom. The molecule has 0 aliphatic rings. The van der Waals surface area contributed by atoms with E-state index in [-0.39, 0.29) is 48.2 Å². The van der Waals surface area contributed by atoms with E-state index in [4.69, 9.17) is 16.3 Å². The van der Waals surface area contributed by atoms with Crippen LogP contribution in [0.4, 0.5) is 23.7 Å². The van der Waals surface area contributed by atoms with Crippen LogP contribution in [-0.2, 0) is 13.7 Å². The van der Waals surface area contributed by atoms with Crippen molar-refractivity contribution < 1.29 is 27.8 Å². The standard InChI is InChI=1S/C27H26ClF3N4O3/c1-16(35(7-3-9-36)27(37)33-18-4-5-23(29)22(28)10-18)21-13-32-26(38-15-17-6-8-34(2)14-17)20-12-25(31)24(30)11-19(20)21/h4-6,8,10-14,16,36H,3,7,9,15H2,1-2H3,(H,33,37). The summed E-state index contributed by atoms with van der Waals surface area (Å²) in [6, 6.07) is 6.46. The molecule has 4 rings (SSSR count). The highest BCUT2D eigenvalue weighted by molar-refractivity contribution is 6.31. The molecule has 0 aliphatic heterocycles. The van der Waals surface area contributed by atoms with Gasteiger partial charge in [-0.1, -0.05) is 11.6 Å². The van der Waals surface area contributed by atoms with Crippen LogP contribution in [0.2, 0.25) is 5.02 Å². The minimum absolute atomic E-state index is 0.117. The van der Waals surface area contributed by atoms with Crippen molar-refractivity contribution in [2.45, 2.75) is 26.0 Å². The lowest BCUT2D eigenvalue weighted by atomic mass is 10.0. The number of aliphatic hydroxyl groups excluding tert-OH is 1. The quantitative estimate of drug-likeness (QED) is 0.262. The number of urea groups is 1. The second-order valence-corrected chi connectivity index (χ2v) is 9.22. The first-order chi connectivity index (χ1) is 18.2. The SMILES string of the molecule is CC(c1cnc(OCc2ccn(C)c2)c2cc(F)c(F)cc12)N(CCCO)C(=O)Nc1ccc(F)c(Cl)c1. The van der Waals surface area contributed by atoms with E-state index < -0.39 is 29.5 Å². The minimum Gasteiger partial charge on any atom is -0.472 e. The molecule has 38 heavy (non-hydrogen) atoms. The molecule has 1 atom stereocenters. The van der Waals surface area contributed by atoms with E-state index in [2.05, 4.69) is 10.3 Å². The molecule has 0 radical (unpaired) electrons. The summed E-state index contributed by atoms with van der Waals surface area (Å²) in [6.07, 6.45) is 5.44. The van der Waals surface area contributed by atoms with E-state index in [1.54, 1.807) is 6.92 Å². The van der Waals surface area contributed by atoms with Gasteiger partial charge in [-0.15, -0.1) is 0 Å². The van der Waals surface area contributed by atoms with Gasteiger partial charge in [-0.2, -0.15) is 0 Å². The molecule has 0 saturated heterocycles. The van der Waals surface area contributed by atoms with Crippen molar-refractivity contribution in [3.8, 4) is 5.88 Å². The zero-order valence-corrected chi connectivity index (χ0v) is 21.5. The van der Waals surface area contributed by atoms with Crippen LogP contribution in [0.15, 0.2) is 55.0 Å². The highest BCUT2D eigenvalue weighted by atomic mass is 35.5. The molecule has 0 fully saturated rings. The van der Waals surface area contributed by atoms with Crippen molar-refractivity contribution in [2.75, 3.05) is 18.5 Å². The van der Waals surface area contributed by atoms with Crippen LogP contribution in [-0.4, -0.2) is 38.7 Å². The highest BCUT2D eigenvalue weighted by Crippen LogP contribution is 2.34. The second kappa shape index (κ2) is 11.7. The largest absolute Gasteiger partial charge is 0.472 e. The molecule has 0 spiro atoms. The fraction of sp³-hybridized carbons (Fsp3) is 0.259. The second-order valence-electron chi connectivity index (χ2n) is 8.81. The monoisotopic (exact) mass is 546 g/mol. The number of carbonyl (C=O) groups excluding carboxylic acids is 1. The maximum atomic E-state index is 14.4. The van der Waals surface area contributed by atoms with Crippen molar-refractivity contribution in [1.82, 2.24) is 14.5 Å². The van der Waals surface area contributed by atoms with E-state index in [1.165, 1.54) is 23.2 Å². The van der Waals surface area contributed by atoms with Gasteiger partial charge in [0.05, 0.1) is 11.1 Å². The van der Waals surface area contributed by atoms with Crippen LogP contribution in [0.25, 0.3) is 10.8 Å². The third-order valence-electron chi connectivity index (χ3n) is 6.10. The van der Waals surface area contributed by atoms with Crippen molar-refractivity contribution in [1.29, 1.82) is 0 Å². The zero-order chi connectivity index (χ0) is 27.4. The van der Waals surface area contributed by atoms with Crippen LogP contribution >= 0.6 is 11.6 Å². The molecule has 7 nitrogen and oxygen atoms in total. The first-order valence-corrected chi connectivity index (χ1v) is 12.2. The number of pyridine rings is 1. The van der Waals surface area contributed by atoms with Gasteiger partial charge in [-0.3, -0.25) is 0 Å². The number of fused-ring (bicyclic) bond motifs is 1. The van der Waals surface area contributed by atoms with Gasteiger partial charge in [-0.05, 0) is 55.1 Å². The third kappa shape index (κ3) is 6.03. The number of aryl methyl sites for hydroxylation is 1. The lowest BCUT2D eigenvalue weighted by Crippen LogP contribution is -2.38. The number of rotatable bonds is 9. The van der Waals surface area contributed by atoms with Crippen molar-refractivity contribution in [3.63, 3.8) is 0 Å². The number of benzene rings is 2. The molecule has 11 heteroatoms. The molecule has 0 saturated carbocycles. The lowest BCUT2D eigenvalue weighted by molar-refractivity contribution is 0.182. The number of anilines is 1. The van der Waals surface area contributed by atoms with Crippen LogP contribution in [0.1, 0.15) is 30.5 Å². The first kappa shape index (κ1) is 27.3. The number of halogens is 4. The van der Waals surface area contributed by atoms with Gasteiger partial charge >= 0.3 is 6.03 Å². The van der Waals surface area contributed by atoms with Crippen LogP contribution in [0.3, 0.4) is 0 Å². The summed E-state index contributed by atoms with van der Waals surface area (Å²) in [7, 11) is 1.87. The lowest BCUT2D eigenvalue weighted by Gasteiger charge is -2.30. The number of nitrogens with zero attached hydrogens (tertiary/aromatic N) is 3. The highest BCUT2D eigenvalue weighted by Gasteiger charge is 2.25. The number of hydrogen-bond donors (Lipinski definition) is 2. The summed E-state index contributed by atoms with van der Waals surface area (Å²) in [5.74, 6) is -2.63. The van der Waals surface area contributed by atoms with Crippen LogP contribution in [0, 0.1) is 17.5 Å². The van der Waals surface area contributed by atoms with E-state index in [0.29, 0.717) is 10.9 Å². The van der Waals surface area contributed by atoms with Gasteiger partial charge in [0.1, 0.15) is 12.4 Å². The number of aromatic nitrogens is 2. The number of nitrogens with one attached hydrogen (secondary N) is 1. The number of carbonyl (C=O) groups is 1. The molecule has 2 aromatic heterocycles. The third-order valence-corrected chi connectivity index (χ3v) is 6.39. The van der Waals surface area contributed by atoms with E-state index in [0.717, 1.165) is 23.8 Å². The maximum absolute atomic E-state index is 14.4. The van der Waals surface area contributed by atoms with E-state index >= 15 is 0 Å². The molecular weight excluding hydrogens is 521 g/mol. The molecule has 0 aliphatic carbocycles. The predicted octanol–water partition coefficient (Wildman–Crippen LogP) is 6.20. The Labute approximate surface area is 222 Å². The maximum Gasteiger partial charge on any atom is 0.322 e. The number of amides is 2. The Balaban J connectivity index is 1.68. The average Bonchev–Trinajstić information content (AvgIpc) is 3.30. The fourth-order valence-electron chi connectivity index (χ4n) is 4.12. The Morgan fingerprint density at radius 3 is 2.55 bits per heavy atom. The zero-order valence-electron chi connectivity index (χ0n) is 20.7. The Morgan fingerprint density at radius 2 is 1.89 bits per heavy atom. The normalized spacial score (nSPS) is 12.0. The van der Waals surface area contributed by atoms with E-state index in [1.807, 2.05) is 30.1 Å². The summed E-state index contributed by atoms with van der Waals surface area (Å²) >= 11 is 5.83. The number of hydrogen-bond acceptors (Lipinski definition) is 4. The summed E-state index contributed by atoms with van der Waals surface area (Å²) in [4.78, 5) is 19.0. The fourth-order valence-corrected chi connectivity index (χ4v) is 4.31.